The summed E-state index contributed by atoms with van der Waals surface area (Å²) in [6, 6.07) is 4.06. The van der Waals surface area contributed by atoms with Gasteiger partial charge in [0.25, 0.3) is 0 Å². The topological polar surface area (TPSA) is 50.5 Å². The molecule has 5 nitrogen and oxygen atoms in total. The van der Waals surface area contributed by atoms with Crippen molar-refractivity contribution in [3.8, 4) is 0 Å². The summed E-state index contributed by atoms with van der Waals surface area (Å²) in [5.74, 6) is -0.223. The molecule has 0 aromatic carbocycles. The minimum Gasteiger partial charge on any atom is -1.00 e. The summed E-state index contributed by atoms with van der Waals surface area (Å²) >= 11 is 0. The van der Waals surface area contributed by atoms with Crippen molar-refractivity contribution in [2.75, 3.05) is 19.7 Å². The Balaban J connectivity index is 0.00000264. The minimum atomic E-state index is -0.173. The summed E-state index contributed by atoms with van der Waals surface area (Å²) in [5, 5.41) is 0. The van der Waals surface area contributed by atoms with Crippen LogP contribution in [0.1, 0.15) is 31.7 Å². The number of hydrogen-bond donors (Lipinski definition) is 0. The number of esters is 1. The maximum Gasteiger partial charge on any atom is 0.310 e. The lowest BCUT2D eigenvalue weighted by Gasteiger charge is -2.31. The number of piperidine rings is 1. The number of likely N-dealkylation sites (tertiary alicyclic amines) is 1. The third-order valence-corrected chi connectivity index (χ3v) is 4.04. The van der Waals surface area contributed by atoms with Gasteiger partial charge in [0.1, 0.15) is 0 Å². The maximum absolute atomic E-state index is 12.3. The second kappa shape index (κ2) is 9.65. The summed E-state index contributed by atoms with van der Waals surface area (Å²) in [4.78, 5) is 25.9. The highest BCUT2D eigenvalue weighted by Gasteiger charge is 2.29. The molecule has 0 radical (unpaired) electrons. The van der Waals surface area contributed by atoms with E-state index in [-0.39, 0.29) is 34.8 Å². The van der Waals surface area contributed by atoms with Crippen LogP contribution in [-0.2, 0) is 20.9 Å². The molecule has 2 heterocycles. The van der Waals surface area contributed by atoms with Crippen molar-refractivity contribution in [2.45, 2.75) is 39.7 Å². The molecule has 1 aliphatic rings. The van der Waals surface area contributed by atoms with Crippen molar-refractivity contribution >= 4 is 11.9 Å². The van der Waals surface area contributed by atoms with E-state index in [9.17, 15) is 9.59 Å². The molecule has 1 unspecified atom stereocenters. The van der Waals surface area contributed by atoms with Crippen molar-refractivity contribution in [1.82, 2.24) is 4.90 Å². The van der Waals surface area contributed by atoms with Crippen molar-refractivity contribution in [2.24, 2.45) is 5.92 Å². The van der Waals surface area contributed by atoms with E-state index in [4.69, 9.17) is 4.74 Å². The Labute approximate surface area is 148 Å². The van der Waals surface area contributed by atoms with E-state index in [1.54, 1.807) is 4.90 Å². The lowest BCUT2D eigenvalue weighted by Crippen LogP contribution is -3.00. The van der Waals surface area contributed by atoms with Gasteiger partial charge in [0, 0.05) is 25.2 Å². The Morgan fingerprint density at radius 2 is 2.04 bits per heavy atom. The fourth-order valence-electron chi connectivity index (χ4n) is 2.72. The highest BCUT2D eigenvalue weighted by molar-refractivity contribution is 5.78. The molecule has 2 rings (SSSR count). The molecule has 0 aliphatic carbocycles. The monoisotopic (exact) mass is 384 g/mol. The first-order chi connectivity index (χ1) is 10.6. The smallest absolute Gasteiger partial charge is 0.310 e. The molecule has 0 N–H and O–H groups in total. The molecule has 6 heteroatoms. The van der Waals surface area contributed by atoms with E-state index in [1.807, 2.05) is 42.9 Å². The van der Waals surface area contributed by atoms with E-state index in [0.29, 0.717) is 26.1 Å². The van der Waals surface area contributed by atoms with Gasteiger partial charge in [0.2, 0.25) is 5.91 Å². The zero-order valence-corrected chi connectivity index (χ0v) is 15.4. The van der Waals surface area contributed by atoms with Gasteiger partial charge in [-0.1, -0.05) is 0 Å². The molecule has 23 heavy (non-hydrogen) atoms. The van der Waals surface area contributed by atoms with Crippen LogP contribution in [0.25, 0.3) is 0 Å². The van der Waals surface area contributed by atoms with Crippen LogP contribution in [0.15, 0.2) is 24.5 Å². The zero-order chi connectivity index (χ0) is 15.9. The van der Waals surface area contributed by atoms with E-state index >= 15 is 0 Å². The number of aryl methyl sites for hydroxylation is 2. The van der Waals surface area contributed by atoms with E-state index in [0.717, 1.165) is 19.4 Å². The third-order valence-electron chi connectivity index (χ3n) is 4.04. The van der Waals surface area contributed by atoms with Crippen LogP contribution in [0.5, 0.6) is 0 Å². The number of nitrogens with zero attached hydrogens (tertiary/aromatic N) is 2. The Kier molecular flexibility index (Phi) is 8.23. The van der Waals surface area contributed by atoms with E-state index in [1.165, 1.54) is 5.56 Å². The van der Waals surface area contributed by atoms with Crippen LogP contribution >= 0.6 is 0 Å². The predicted molar refractivity (Wildman–Crippen MR) is 81.9 cm³/mol. The van der Waals surface area contributed by atoms with Gasteiger partial charge in [-0.25, -0.2) is 4.57 Å². The van der Waals surface area contributed by atoms with Crippen molar-refractivity contribution < 1.29 is 35.9 Å². The molecule has 1 amide bonds. The number of aromatic nitrogens is 1. The average Bonchev–Trinajstić information content (AvgIpc) is 2.54. The van der Waals surface area contributed by atoms with Gasteiger partial charge in [-0.2, -0.15) is 0 Å². The van der Waals surface area contributed by atoms with Crippen LogP contribution in [0.4, 0.5) is 0 Å². The van der Waals surface area contributed by atoms with Gasteiger partial charge in [0.15, 0.2) is 18.9 Å². The Hall–Kier alpha value is -1.43. The molecule has 1 saturated heterocycles. The highest BCUT2D eigenvalue weighted by atomic mass is 79.9. The van der Waals surface area contributed by atoms with Gasteiger partial charge in [0.05, 0.1) is 18.9 Å². The first kappa shape index (κ1) is 19.6. The molecule has 128 valence electrons. The van der Waals surface area contributed by atoms with Gasteiger partial charge < -0.3 is 26.6 Å². The van der Waals surface area contributed by atoms with E-state index in [2.05, 4.69) is 0 Å². The third kappa shape index (κ3) is 5.94. The lowest BCUT2D eigenvalue weighted by molar-refractivity contribution is -0.696. The van der Waals surface area contributed by atoms with Crippen LogP contribution in [-0.4, -0.2) is 36.5 Å². The fraction of sp³-hybridized carbons (Fsp3) is 0.588. The second-order valence-corrected chi connectivity index (χ2v) is 5.79. The highest BCUT2D eigenvalue weighted by Crippen LogP contribution is 2.18. The summed E-state index contributed by atoms with van der Waals surface area (Å²) in [6.07, 6.45) is 6.12. The maximum atomic E-state index is 12.3. The molecule has 1 aliphatic heterocycles. The van der Waals surface area contributed by atoms with Gasteiger partial charge in [-0.05, 0) is 32.3 Å². The lowest BCUT2D eigenvalue weighted by atomic mass is 9.98. The molecule has 0 spiro atoms. The van der Waals surface area contributed by atoms with Crippen molar-refractivity contribution in [3.63, 3.8) is 0 Å². The van der Waals surface area contributed by atoms with Crippen molar-refractivity contribution in [1.29, 1.82) is 0 Å². The number of pyridine rings is 1. The Bertz CT molecular complexity index is 519. The Morgan fingerprint density at radius 1 is 1.35 bits per heavy atom. The molecule has 1 fully saturated rings. The average molecular weight is 385 g/mol. The van der Waals surface area contributed by atoms with Gasteiger partial charge in [-0.15, -0.1) is 0 Å². The molecular weight excluding hydrogens is 360 g/mol. The fourth-order valence-corrected chi connectivity index (χ4v) is 2.72. The Morgan fingerprint density at radius 3 is 2.70 bits per heavy atom. The summed E-state index contributed by atoms with van der Waals surface area (Å²) < 4.78 is 7.08. The molecule has 1 atom stereocenters. The summed E-state index contributed by atoms with van der Waals surface area (Å²) in [7, 11) is 0. The normalized spacial score (nSPS) is 17.3. The molecule has 1 aromatic rings. The number of hydrogen-bond acceptors (Lipinski definition) is 3. The first-order valence-electron chi connectivity index (χ1n) is 8.00. The van der Waals surface area contributed by atoms with Crippen molar-refractivity contribution in [3.05, 3.63) is 30.1 Å². The van der Waals surface area contributed by atoms with E-state index < -0.39 is 0 Å². The number of carbonyl (C=O) groups is 2. The largest absolute Gasteiger partial charge is 1.00 e. The van der Waals surface area contributed by atoms with Crippen LogP contribution in [0.3, 0.4) is 0 Å². The number of rotatable bonds is 5. The van der Waals surface area contributed by atoms with Crippen LogP contribution in [0.2, 0.25) is 0 Å². The van der Waals surface area contributed by atoms with Crippen LogP contribution < -0.4 is 21.5 Å². The quantitative estimate of drug-likeness (QED) is 0.457. The standard InChI is InChI=1S/C17H25N2O3.BrH/c1-3-22-17(21)15-5-4-9-19(13-15)16(20)8-12-18-10-6-14(2)7-11-18;/h6-7,10-11,15H,3-5,8-9,12-13H2,1-2H3;1H/q+1;/p-1. The summed E-state index contributed by atoms with van der Waals surface area (Å²) in [6.45, 7) is 6.15. The van der Waals surface area contributed by atoms with Gasteiger partial charge >= 0.3 is 5.97 Å². The number of halogens is 1. The van der Waals surface area contributed by atoms with Crippen LogP contribution in [0, 0.1) is 12.8 Å². The number of carbonyl (C=O) groups excluding carboxylic acids is 2. The summed E-state index contributed by atoms with van der Waals surface area (Å²) in [5.41, 5.74) is 1.20. The molecule has 0 bridgehead atoms. The number of ether oxygens (including phenoxy) is 1. The number of amides is 1. The minimum absolute atomic E-state index is 0. The predicted octanol–water partition coefficient (Wildman–Crippen LogP) is -1.52. The molecule has 1 aromatic heterocycles. The SMILES string of the molecule is CCOC(=O)C1CCCN(C(=O)CC[n+]2ccc(C)cc2)C1.[Br-]. The zero-order valence-electron chi connectivity index (χ0n) is 13.8. The first-order valence-corrected chi connectivity index (χ1v) is 8.00. The molecular formula is C17H25BrN2O3. The van der Waals surface area contributed by atoms with Gasteiger partial charge in [-0.3, -0.25) is 9.59 Å². The second-order valence-electron chi connectivity index (χ2n) is 5.79. The molecule has 0 saturated carbocycles.